The van der Waals surface area contributed by atoms with Crippen LogP contribution in [0.2, 0.25) is 0 Å². The largest absolute Gasteiger partial charge is 0.436 e. The summed E-state index contributed by atoms with van der Waals surface area (Å²) in [4.78, 5) is 27.6. The van der Waals surface area contributed by atoms with Gasteiger partial charge in [0.2, 0.25) is 5.89 Å². The average molecular weight is 321 g/mol. The molecule has 0 radical (unpaired) electrons. The Balaban J connectivity index is 1.85. The van der Waals surface area contributed by atoms with Gasteiger partial charge in [-0.15, -0.1) is 0 Å². The summed E-state index contributed by atoms with van der Waals surface area (Å²) in [5.41, 5.74) is 1.24. The molecule has 0 bridgehead atoms. The van der Waals surface area contributed by atoms with Crippen molar-refractivity contribution in [2.24, 2.45) is 0 Å². The Morgan fingerprint density at radius 3 is 2.67 bits per heavy atom. The Kier molecular flexibility index (Phi) is 3.16. The van der Waals surface area contributed by atoms with Crippen molar-refractivity contribution < 1.29 is 18.4 Å². The first-order chi connectivity index (χ1) is 11.6. The fourth-order valence-electron chi connectivity index (χ4n) is 2.46. The zero-order chi connectivity index (χ0) is 16.7. The standard InChI is InChI=1S/C18H11NO5/c1-10(20)22-12-7-6-11-8-13(18(21)24-16(11)9-12)17-19-14-4-2-3-5-15(14)23-17/h2-9H,1H3. The second-order valence-corrected chi connectivity index (χ2v) is 5.23. The minimum atomic E-state index is -0.575. The van der Waals surface area contributed by atoms with Crippen molar-refractivity contribution in [1.82, 2.24) is 4.98 Å². The SMILES string of the molecule is CC(=O)Oc1ccc2cc(-c3nc4ccccc4o3)c(=O)oc2c1. The Morgan fingerprint density at radius 2 is 1.88 bits per heavy atom. The number of oxazole rings is 1. The number of fused-ring (bicyclic) bond motifs is 2. The van der Waals surface area contributed by atoms with Crippen LogP contribution in [0, 0.1) is 0 Å². The number of aromatic nitrogens is 1. The van der Waals surface area contributed by atoms with Crippen LogP contribution >= 0.6 is 0 Å². The quantitative estimate of drug-likeness (QED) is 0.319. The van der Waals surface area contributed by atoms with E-state index in [1.54, 1.807) is 30.3 Å². The lowest BCUT2D eigenvalue weighted by atomic mass is 10.2. The molecule has 0 spiro atoms. The summed E-state index contributed by atoms with van der Waals surface area (Å²) < 4.78 is 15.9. The van der Waals surface area contributed by atoms with Gasteiger partial charge >= 0.3 is 11.6 Å². The van der Waals surface area contributed by atoms with Crippen LogP contribution in [0.5, 0.6) is 5.75 Å². The molecule has 6 nitrogen and oxygen atoms in total. The second kappa shape index (κ2) is 5.34. The second-order valence-electron chi connectivity index (χ2n) is 5.23. The zero-order valence-electron chi connectivity index (χ0n) is 12.6. The molecule has 24 heavy (non-hydrogen) atoms. The van der Waals surface area contributed by atoms with E-state index in [0.29, 0.717) is 27.8 Å². The molecule has 0 unspecified atom stereocenters. The monoisotopic (exact) mass is 321 g/mol. The maximum atomic E-state index is 12.3. The first-order valence-electron chi connectivity index (χ1n) is 7.22. The molecule has 2 aromatic heterocycles. The number of esters is 1. The molecule has 6 heteroatoms. The predicted octanol–water partition coefficient (Wildman–Crippen LogP) is 3.53. The van der Waals surface area contributed by atoms with Gasteiger partial charge in [0.05, 0.1) is 0 Å². The third kappa shape index (κ3) is 2.44. The molecule has 118 valence electrons. The summed E-state index contributed by atoms with van der Waals surface area (Å²) in [5, 5.41) is 0.669. The summed E-state index contributed by atoms with van der Waals surface area (Å²) in [7, 11) is 0. The lowest BCUT2D eigenvalue weighted by Crippen LogP contribution is -2.04. The van der Waals surface area contributed by atoms with Crippen LogP contribution in [0.3, 0.4) is 0 Å². The average Bonchev–Trinajstić information content (AvgIpc) is 2.97. The summed E-state index contributed by atoms with van der Waals surface area (Å²) in [6, 6.07) is 13.7. The molecule has 0 atom stereocenters. The molecular formula is C18H11NO5. The fourth-order valence-corrected chi connectivity index (χ4v) is 2.46. The van der Waals surface area contributed by atoms with Gasteiger partial charge in [-0.2, -0.15) is 0 Å². The van der Waals surface area contributed by atoms with E-state index in [2.05, 4.69) is 4.98 Å². The van der Waals surface area contributed by atoms with Crippen molar-refractivity contribution in [3.63, 3.8) is 0 Å². The van der Waals surface area contributed by atoms with Crippen molar-refractivity contribution in [3.8, 4) is 17.2 Å². The van der Waals surface area contributed by atoms with Crippen molar-refractivity contribution in [3.05, 3.63) is 59.0 Å². The maximum absolute atomic E-state index is 12.3. The van der Waals surface area contributed by atoms with Gasteiger partial charge in [0.25, 0.3) is 0 Å². The van der Waals surface area contributed by atoms with E-state index in [0.717, 1.165) is 0 Å². The van der Waals surface area contributed by atoms with Crippen LogP contribution in [-0.2, 0) is 4.79 Å². The van der Waals surface area contributed by atoms with Gasteiger partial charge in [-0.1, -0.05) is 12.1 Å². The van der Waals surface area contributed by atoms with Crippen LogP contribution in [0.4, 0.5) is 0 Å². The number of para-hydroxylation sites is 2. The molecule has 4 rings (SSSR count). The normalized spacial score (nSPS) is 11.0. The smallest absolute Gasteiger partial charge is 0.349 e. The van der Waals surface area contributed by atoms with Gasteiger partial charge in [-0.05, 0) is 30.3 Å². The van der Waals surface area contributed by atoms with Crippen molar-refractivity contribution in [2.45, 2.75) is 6.92 Å². The Labute approximate surface area is 135 Å². The number of benzene rings is 2. The highest BCUT2D eigenvalue weighted by Gasteiger charge is 2.15. The number of ether oxygens (including phenoxy) is 1. The van der Waals surface area contributed by atoms with E-state index in [-0.39, 0.29) is 11.5 Å². The Hall–Kier alpha value is -3.41. The molecule has 2 aromatic carbocycles. The number of rotatable bonds is 2. The molecule has 0 N–H and O–H groups in total. The van der Waals surface area contributed by atoms with Crippen molar-refractivity contribution in [2.75, 3.05) is 0 Å². The van der Waals surface area contributed by atoms with Crippen LogP contribution in [-0.4, -0.2) is 11.0 Å². The third-order valence-electron chi connectivity index (χ3n) is 3.49. The van der Waals surface area contributed by atoms with E-state index in [4.69, 9.17) is 13.6 Å². The molecule has 2 heterocycles. The number of hydrogen-bond donors (Lipinski definition) is 0. The minimum Gasteiger partial charge on any atom is -0.436 e. The van der Waals surface area contributed by atoms with Gasteiger partial charge in [0.15, 0.2) is 5.58 Å². The fraction of sp³-hybridized carbons (Fsp3) is 0.0556. The van der Waals surface area contributed by atoms with Crippen LogP contribution < -0.4 is 10.4 Å². The van der Waals surface area contributed by atoms with Crippen LogP contribution in [0.1, 0.15) is 6.92 Å². The lowest BCUT2D eigenvalue weighted by Gasteiger charge is -2.03. The summed E-state index contributed by atoms with van der Waals surface area (Å²) in [6.45, 7) is 1.30. The van der Waals surface area contributed by atoms with Crippen LogP contribution in [0.15, 0.2) is 62.2 Å². The topological polar surface area (TPSA) is 82.5 Å². The number of hydrogen-bond acceptors (Lipinski definition) is 6. The van der Waals surface area contributed by atoms with E-state index in [1.165, 1.54) is 13.0 Å². The Morgan fingerprint density at radius 1 is 1.04 bits per heavy atom. The van der Waals surface area contributed by atoms with Crippen molar-refractivity contribution >= 4 is 28.0 Å². The summed E-state index contributed by atoms with van der Waals surface area (Å²) in [6.07, 6.45) is 0. The highest BCUT2D eigenvalue weighted by Crippen LogP contribution is 2.26. The molecule has 0 saturated carbocycles. The first-order valence-corrected chi connectivity index (χ1v) is 7.22. The predicted molar refractivity (Wildman–Crippen MR) is 86.8 cm³/mol. The van der Waals surface area contributed by atoms with Crippen LogP contribution in [0.25, 0.3) is 33.5 Å². The van der Waals surface area contributed by atoms with E-state index in [1.807, 2.05) is 12.1 Å². The molecular weight excluding hydrogens is 310 g/mol. The molecule has 0 fully saturated rings. The van der Waals surface area contributed by atoms with Gasteiger partial charge in [0, 0.05) is 18.4 Å². The highest BCUT2D eigenvalue weighted by atomic mass is 16.5. The van der Waals surface area contributed by atoms with Gasteiger partial charge in [-0.25, -0.2) is 9.78 Å². The zero-order valence-corrected chi connectivity index (χ0v) is 12.6. The number of carbonyl (C=O) groups excluding carboxylic acids is 1. The first kappa shape index (κ1) is 14.2. The molecule has 0 aliphatic heterocycles. The van der Waals surface area contributed by atoms with E-state index in [9.17, 15) is 9.59 Å². The summed E-state index contributed by atoms with van der Waals surface area (Å²) in [5.74, 6) is 0.0727. The number of nitrogens with zero attached hydrogens (tertiary/aromatic N) is 1. The lowest BCUT2D eigenvalue weighted by molar-refractivity contribution is -0.131. The molecule has 0 aliphatic carbocycles. The molecule has 0 aliphatic rings. The van der Waals surface area contributed by atoms with E-state index < -0.39 is 11.6 Å². The third-order valence-corrected chi connectivity index (χ3v) is 3.49. The van der Waals surface area contributed by atoms with Gasteiger partial charge < -0.3 is 13.6 Å². The number of carbonyl (C=O) groups is 1. The van der Waals surface area contributed by atoms with Gasteiger partial charge in [0.1, 0.15) is 22.4 Å². The van der Waals surface area contributed by atoms with Gasteiger partial charge in [-0.3, -0.25) is 4.79 Å². The maximum Gasteiger partial charge on any atom is 0.349 e. The molecule has 0 saturated heterocycles. The molecule has 4 aromatic rings. The summed E-state index contributed by atoms with van der Waals surface area (Å²) >= 11 is 0. The molecule has 0 amide bonds. The van der Waals surface area contributed by atoms with E-state index >= 15 is 0 Å². The van der Waals surface area contributed by atoms with Crippen molar-refractivity contribution in [1.29, 1.82) is 0 Å². The minimum absolute atomic E-state index is 0.205. The Bertz CT molecular complexity index is 1110. The highest BCUT2D eigenvalue weighted by molar-refractivity contribution is 5.83.